The van der Waals surface area contributed by atoms with Crippen LogP contribution in [0.3, 0.4) is 0 Å². The maximum Gasteiger partial charge on any atom is 0.252 e. The molecule has 8 heteroatoms. The molecule has 2 aromatic rings. The molecule has 0 bridgehead atoms. The summed E-state index contributed by atoms with van der Waals surface area (Å²) < 4.78 is 0. The van der Waals surface area contributed by atoms with E-state index in [-0.39, 0.29) is 36.8 Å². The van der Waals surface area contributed by atoms with Crippen LogP contribution in [0, 0.1) is 19.8 Å². The number of carbonyl (C=O) groups excluding carboxylic acids is 1. The predicted octanol–water partition coefficient (Wildman–Crippen LogP) is 1.89. The van der Waals surface area contributed by atoms with E-state index in [1.165, 1.54) is 12.8 Å². The number of hydrogen-bond acceptors (Lipinski definition) is 4. The number of fused-ring (bicyclic) bond motifs is 1. The third kappa shape index (κ3) is 3.69. The molecule has 122 valence electrons. The van der Waals surface area contributed by atoms with Crippen LogP contribution in [0.2, 0.25) is 0 Å². The first kappa shape index (κ1) is 18.7. The fourth-order valence-corrected chi connectivity index (χ4v) is 2.48. The maximum atomic E-state index is 12.4. The molecular formula is C14H21Cl2N5O. The smallest absolute Gasteiger partial charge is 0.252 e. The summed E-state index contributed by atoms with van der Waals surface area (Å²) in [6, 6.07) is 1.85. The van der Waals surface area contributed by atoms with Gasteiger partial charge in [-0.2, -0.15) is 5.10 Å². The fourth-order valence-electron chi connectivity index (χ4n) is 2.48. The highest BCUT2D eigenvalue weighted by Gasteiger charge is 2.28. The minimum atomic E-state index is -0.110. The zero-order valence-corrected chi connectivity index (χ0v) is 14.2. The molecule has 0 aromatic carbocycles. The van der Waals surface area contributed by atoms with Crippen molar-refractivity contribution in [3.05, 3.63) is 23.0 Å². The van der Waals surface area contributed by atoms with Crippen molar-refractivity contribution < 1.29 is 4.79 Å². The molecule has 2 aromatic heterocycles. The molecule has 1 fully saturated rings. The number of pyridine rings is 1. The van der Waals surface area contributed by atoms with Gasteiger partial charge in [0.05, 0.1) is 10.9 Å². The zero-order chi connectivity index (χ0) is 14.3. The SMILES string of the molecule is Cc1cc(C(=O)NCC(N)C2CC2)c2c(C)[nH]nc2n1.Cl.Cl. The topological polar surface area (TPSA) is 96.7 Å². The molecule has 1 amide bonds. The first-order valence-corrected chi connectivity index (χ1v) is 6.92. The first-order valence-electron chi connectivity index (χ1n) is 6.92. The highest BCUT2D eigenvalue weighted by Crippen LogP contribution is 2.31. The number of halogens is 2. The average molecular weight is 346 g/mol. The van der Waals surface area contributed by atoms with Crippen molar-refractivity contribution in [1.82, 2.24) is 20.5 Å². The molecule has 0 radical (unpaired) electrons. The maximum absolute atomic E-state index is 12.4. The summed E-state index contributed by atoms with van der Waals surface area (Å²) in [5.74, 6) is 0.464. The number of carbonyl (C=O) groups is 1. The summed E-state index contributed by atoms with van der Waals surface area (Å²) >= 11 is 0. The number of amides is 1. The number of H-pyrrole nitrogens is 1. The quantitative estimate of drug-likeness (QED) is 0.788. The lowest BCUT2D eigenvalue weighted by Gasteiger charge is -2.12. The Kier molecular flexibility index (Phi) is 6.17. The standard InChI is InChI=1S/C14H19N5O.2ClH/c1-7-5-10(12-8(2)18-19-13(12)17-7)14(20)16-6-11(15)9-3-4-9;;/h5,9,11H,3-4,6,15H2,1-2H3,(H,16,20)(H,17,18,19);2*1H. The highest BCUT2D eigenvalue weighted by molar-refractivity contribution is 6.06. The number of rotatable bonds is 4. The molecule has 1 unspecified atom stereocenters. The molecule has 1 saturated carbocycles. The summed E-state index contributed by atoms with van der Waals surface area (Å²) in [6.45, 7) is 4.26. The van der Waals surface area contributed by atoms with Gasteiger partial charge >= 0.3 is 0 Å². The molecule has 4 N–H and O–H groups in total. The molecule has 0 saturated heterocycles. The van der Waals surface area contributed by atoms with Gasteiger partial charge in [0.2, 0.25) is 0 Å². The molecule has 3 rings (SSSR count). The number of aromatic nitrogens is 3. The van der Waals surface area contributed by atoms with Crippen LogP contribution in [0.25, 0.3) is 11.0 Å². The van der Waals surface area contributed by atoms with E-state index in [4.69, 9.17) is 5.73 Å². The van der Waals surface area contributed by atoms with Crippen LogP contribution in [-0.2, 0) is 0 Å². The third-order valence-corrected chi connectivity index (χ3v) is 3.80. The Morgan fingerprint density at radius 3 is 2.77 bits per heavy atom. The third-order valence-electron chi connectivity index (χ3n) is 3.80. The van der Waals surface area contributed by atoms with Crippen molar-refractivity contribution in [2.45, 2.75) is 32.7 Å². The van der Waals surface area contributed by atoms with Crippen LogP contribution in [-0.4, -0.2) is 33.7 Å². The Bertz CT molecular complexity index is 669. The van der Waals surface area contributed by atoms with E-state index in [0.29, 0.717) is 23.7 Å². The fraction of sp³-hybridized carbons (Fsp3) is 0.500. The molecule has 2 heterocycles. The van der Waals surface area contributed by atoms with Gasteiger partial charge < -0.3 is 11.1 Å². The number of nitrogens with one attached hydrogen (secondary N) is 2. The molecular weight excluding hydrogens is 325 g/mol. The van der Waals surface area contributed by atoms with Gasteiger partial charge in [0, 0.05) is 24.0 Å². The second kappa shape index (κ2) is 7.26. The van der Waals surface area contributed by atoms with E-state index in [2.05, 4.69) is 20.5 Å². The van der Waals surface area contributed by atoms with Gasteiger partial charge in [-0.3, -0.25) is 9.89 Å². The number of nitrogens with two attached hydrogens (primary N) is 1. The van der Waals surface area contributed by atoms with Gasteiger partial charge in [-0.1, -0.05) is 0 Å². The minimum absolute atomic E-state index is 0. The average Bonchev–Trinajstić information content (AvgIpc) is 3.20. The molecule has 0 spiro atoms. The lowest BCUT2D eigenvalue weighted by molar-refractivity contribution is 0.0951. The lowest BCUT2D eigenvalue weighted by Crippen LogP contribution is -2.38. The monoisotopic (exact) mass is 345 g/mol. The summed E-state index contributed by atoms with van der Waals surface area (Å²) in [5.41, 5.74) is 8.84. The van der Waals surface area contributed by atoms with E-state index in [0.717, 1.165) is 16.8 Å². The van der Waals surface area contributed by atoms with Gasteiger partial charge in [0.15, 0.2) is 5.65 Å². The van der Waals surface area contributed by atoms with E-state index in [1.807, 2.05) is 13.8 Å². The Hall–Kier alpha value is -1.37. The van der Waals surface area contributed by atoms with Crippen molar-refractivity contribution >= 4 is 41.8 Å². The summed E-state index contributed by atoms with van der Waals surface area (Å²) in [4.78, 5) is 16.7. The molecule has 6 nitrogen and oxygen atoms in total. The van der Waals surface area contributed by atoms with E-state index >= 15 is 0 Å². The summed E-state index contributed by atoms with van der Waals surface area (Å²) in [7, 11) is 0. The molecule has 1 aliphatic carbocycles. The van der Waals surface area contributed by atoms with Crippen LogP contribution in [0.1, 0.15) is 34.6 Å². The van der Waals surface area contributed by atoms with Crippen molar-refractivity contribution in [2.24, 2.45) is 11.7 Å². The van der Waals surface area contributed by atoms with Gasteiger partial charge in [-0.15, -0.1) is 24.8 Å². The van der Waals surface area contributed by atoms with Crippen molar-refractivity contribution in [3.8, 4) is 0 Å². The largest absolute Gasteiger partial charge is 0.350 e. The van der Waals surface area contributed by atoms with E-state index in [9.17, 15) is 4.79 Å². The van der Waals surface area contributed by atoms with Crippen LogP contribution < -0.4 is 11.1 Å². The van der Waals surface area contributed by atoms with Crippen LogP contribution in [0.15, 0.2) is 6.07 Å². The zero-order valence-electron chi connectivity index (χ0n) is 12.5. The Balaban J connectivity index is 0.00000121. The Labute approximate surface area is 141 Å². The van der Waals surface area contributed by atoms with Gasteiger partial charge in [-0.05, 0) is 38.7 Å². The van der Waals surface area contributed by atoms with Crippen LogP contribution in [0.4, 0.5) is 0 Å². The molecule has 1 atom stereocenters. The second-order valence-corrected chi connectivity index (χ2v) is 5.57. The van der Waals surface area contributed by atoms with Crippen molar-refractivity contribution in [1.29, 1.82) is 0 Å². The van der Waals surface area contributed by atoms with Crippen LogP contribution >= 0.6 is 24.8 Å². The number of nitrogens with zero attached hydrogens (tertiary/aromatic N) is 2. The first-order chi connectivity index (χ1) is 9.56. The highest BCUT2D eigenvalue weighted by atomic mass is 35.5. The van der Waals surface area contributed by atoms with Gasteiger partial charge in [0.1, 0.15) is 0 Å². The van der Waals surface area contributed by atoms with E-state index in [1.54, 1.807) is 6.07 Å². The van der Waals surface area contributed by atoms with Gasteiger partial charge in [0.25, 0.3) is 5.91 Å². The predicted molar refractivity (Wildman–Crippen MR) is 90.9 cm³/mol. The Morgan fingerprint density at radius 1 is 1.45 bits per heavy atom. The molecule has 0 aliphatic heterocycles. The number of aromatic amines is 1. The van der Waals surface area contributed by atoms with Crippen LogP contribution in [0.5, 0.6) is 0 Å². The van der Waals surface area contributed by atoms with Crippen molar-refractivity contribution in [3.63, 3.8) is 0 Å². The summed E-state index contributed by atoms with van der Waals surface area (Å²) in [5, 5.41) is 10.7. The normalized spacial score (nSPS) is 14.9. The lowest BCUT2D eigenvalue weighted by atomic mass is 10.1. The molecule has 1 aliphatic rings. The van der Waals surface area contributed by atoms with Crippen molar-refractivity contribution in [2.75, 3.05) is 6.54 Å². The minimum Gasteiger partial charge on any atom is -0.350 e. The Morgan fingerprint density at radius 2 is 2.14 bits per heavy atom. The second-order valence-electron chi connectivity index (χ2n) is 5.57. The number of aryl methyl sites for hydroxylation is 2. The number of hydrogen-bond donors (Lipinski definition) is 3. The van der Waals surface area contributed by atoms with Gasteiger partial charge in [-0.25, -0.2) is 4.98 Å². The van der Waals surface area contributed by atoms with E-state index < -0.39 is 0 Å². The molecule has 22 heavy (non-hydrogen) atoms. The summed E-state index contributed by atoms with van der Waals surface area (Å²) in [6.07, 6.45) is 2.35.